The van der Waals surface area contributed by atoms with E-state index < -0.39 is 0 Å². The van der Waals surface area contributed by atoms with Crippen LogP contribution in [-0.2, 0) is 6.42 Å². The molecule has 2 nitrogen and oxygen atoms in total. The number of hydrogen-bond acceptors (Lipinski definition) is 2. The van der Waals surface area contributed by atoms with Crippen molar-refractivity contribution in [3.05, 3.63) is 35.9 Å². The van der Waals surface area contributed by atoms with Gasteiger partial charge in [-0.15, -0.1) is 0 Å². The van der Waals surface area contributed by atoms with Crippen LogP contribution < -0.4 is 0 Å². The summed E-state index contributed by atoms with van der Waals surface area (Å²) in [5, 5.41) is 9.80. The van der Waals surface area contributed by atoms with E-state index in [-0.39, 0.29) is 6.10 Å². The molecular formula is C14H21NO. The lowest BCUT2D eigenvalue weighted by Crippen LogP contribution is -2.43. The van der Waals surface area contributed by atoms with Gasteiger partial charge in [0.1, 0.15) is 0 Å². The highest BCUT2D eigenvalue weighted by molar-refractivity contribution is 5.14. The first-order valence-electron chi connectivity index (χ1n) is 6.20. The van der Waals surface area contributed by atoms with E-state index in [1.165, 1.54) is 5.56 Å². The van der Waals surface area contributed by atoms with Gasteiger partial charge in [0.15, 0.2) is 0 Å². The van der Waals surface area contributed by atoms with Gasteiger partial charge in [0.25, 0.3) is 0 Å². The fourth-order valence-corrected chi connectivity index (χ4v) is 2.25. The summed E-state index contributed by atoms with van der Waals surface area (Å²) in [6.45, 7) is 5.17. The van der Waals surface area contributed by atoms with E-state index in [4.69, 9.17) is 0 Å². The minimum atomic E-state index is -0.135. The molecule has 0 amide bonds. The SMILES string of the molecule is CC1CCN(CCc2ccccc2)CC1O. The molecule has 1 fully saturated rings. The molecule has 2 unspecified atom stereocenters. The topological polar surface area (TPSA) is 23.5 Å². The number of piperidine rings is 1. The predicted octanol–water partition coefficient (Wildman–Crippen LogP) is 1.93. The van der Waals surface area contributed by atoms with Gasteiger partial charge in [0.05, 0.1) is 6.10 Å². The molecule has 16 heavy (non-hydrogen) atoms. The summed E-state index contributed by atoms with van der Waals surface area (Å²) in [5.41, 5.74) is 1.38. The lowest BCUT2D eigenvalue weighted by Gasteiger charge is -2.34. The van der Waals surface area contributed by atoms with E-state index in [1.807, 2.05) is 0 Å². The zero-order valence-electron chi connectivity index (χ0n) is 9.97. The van der Waals surface area contributed by atoms with Gasteiger partial charge >= 0.3 is 0 Å². The Morgan fingerprint density at radius 1 is 1.31 bits per heavy atom. The van der Waals surface area contributed by atoms with Crippen LogP contribution in [0.1, 0.15) is 18.9 Å². The van der Waals surface area contributed by atoms with Crippen LogP contribution in [0.3, 0.4) is 0 Å². The Hall–Kier alpha value is -0.860. The molecule has 1 heterocycles. The third-order valence-corrected chi connectivity index (χ3v) is 3.56. The number of hydrogen-bond donors (Lipinski definition) is 1. The summed E-state index contributed by atoms with van der Waals surface area (Å²) >= 11 is 0. The van der Waals surface area contributed by atoms with Crippen molar-refractivity contribution in [1.82, 2.24) is 4.90 Å². The Morgan fingerprint density at radius 3 is 2.75 bits per heavy atom. The van der Waals surface area contributed by atoms with Gasteiger partial charge in [-0.3, -0.25) is 0 Å². The summed E-state index contributed by atoms with van der Waals surface area (Å²) in [5.74, 6) is 0.466. The minimum absolute atomic E-state index is 0.135. The van der Waals surface area contributed by atoms with Crippen molar-refractivity contribution in [2.45, 2.75) is 25.9 Å². The molecule has 0 spiro atoms. The first-order valence-corrected chi connectivity index (χ1v) is 6.20. The van der Waals surface area contributed by atoms with Crippen LogP contribution in [0, 0.1) is 5.92 Å². The van der Waals surface area contributed by atoms with Crippen molar-refractivity contribution in [3.8, 4) is 0 Å². The van der Waals surface area contributed by atoms with E-state index in [2.05, 4.69) is 42.2 Å². The third-order valence-electron chi connectivity index (χ3n) is 3.56. The lowest BCUT2D eigenvalue weighted by atomic mass is 9.96. The average molecular weight is 219 g/mol. The Morgan fingerprint density at radius 2 is 2.06 bits per heavy atom. The Kier molecular flexibility index (Phi) is 3.97. The largest absolute Gasteiger partial charge is 0.392 e. The fourth-order valence-electron chi connectivity index (χ4n) is 2.25. The number of aliphatic hydroxyl groups excluding tert-OH is 1. The van der Waals surface area contributed by atoms with Crippen LogP contribution in [0.4, 0.5) is 0 Å². The maximum absolute atomic E-state index is 9.80. The standard InChI is InChI=1S/C14H21NO/c1-12-7-9-15(11-14(12)16)10-8-13-5-3-2-4-6-13/h2-6,12,14,16H,7-11H2,1H3. The summed E-state index contributed by atoms with van der Waals surface area (Å²) in [4.78, 5) is 2.37. The Balaban J connectivity index is 1.79. The van der Waals surface area contributed by atoms with Crippen molar-refractivity contribution in [3.63, 3.8) is 0 Å². The van der Waals surface area contributed by atoms with Crippen molar-refractivity contribution < 1.29 is 5.11 Å². The van der Waals surface area contributed by atoms with E-state index in [9.17, 15) is 5.11 Å². The molecule has 0 aliphatic carbocycles. The zero-order chi connectivity index (χ0) is 11.4. The van der Waals surface area contributed by atoms with Gasteiger partial charge < -0.3 is 10.0 Å². The molecular weight excluding hydrogens is 198 g/mol. The number of likely N-dealkylation sites (tertiary alicyclic amines) is 1. The van der Waals surface area contributed by atoms with Crippen molar-refractivity contribution in [2.24, 2.45) is 5.92 Å². The molecule has 88 valence electrons. The number of nitrogens with zero attached hydrogens (tertiary/aromatic N) is 1. The highest BCUT2D eigenvalue weighted by Crippen LogP contribution is 2.17. The highest BCUT2D eigenvalue weighted by Gasteiger charge is 2.23. The average Bonchev–Trinajstić information content (AvgIpc) is 2.32. The van der Waals surface area contributed by atoms with Gasteiger partial charge in [-0.05, 0) is 30.9 Å². The number of β-amino-alcohol motifs (C(OH)–C–C–N with tert-alkyl or cyclic N) is 1. The monoisotopic (exact) mass is 219 g/mol. The molecule has 1 aliphatic heterocycles. The predicted molar refractivity (Wildman–Crippen MR) is 66.4 cm³/mol. The van der Waals surface area contributed by atoms with Gasteiger partial charge in [-0.1, -0.05) is 37.3 Å². The normalized spacial score (nSPS) is 26.9. The number of benzene rings is 1. The molecule has 0 aromatic heterocycles. The first-order chi connectivity index (χ1) is 7.75. The van der Waals surface area contributed by atoms with Crippen molar-refractivity contribution in [1.29, 1.82) is 0 Å². The Bertz CT molecular complexity index is 312. The smallest absolute Gasteiger partial charge is 0.0693 e. The van der Waals surface area contributed by atoms with Crippen LogP contribution in [0.25, 0.3) is 0 Å². The van der Waals surface area contributed by atoms with E-state index in [1.54, 1.807) is 0 Å². The summed E-state index contributed by atoms with van der Waals surface area (Å²) < 4.78 is 0. The quantitative estimate of drug-likeness (QED) is 0.839. The first kappa shape index (κ1) is 11.6. The molecule has 2 heteroatoms. The molecule has 0 saturated carbocycles. The van der Waals surface area contributed by atoms with Crippen LogP contribution >= 0.6 is 0 Å². The van der Waals surface area contributed by atoms with E-state index in [0.717, 1.165) is 32.5 Å². The Labute approximate surface area is 97.9 Å². The molecule has 2 atom stereocenters. The summed E-state index contributed by atoms with van der Waals surface area (Å²) in [6.07, 6.45) is 2.07. The highest BCUT2D eigenvalue weighted by atomic mass is 16.3. The van der Waals surface area contributed by atoms with Crippen LogP contribution in [0.5, 0.6) is 0 Å². The molecule has 1 aliphatic rings. The maximum atomic E-state index is 9.80. The molecule has 1 N–H and O–H groups in total. The number of rotatable bonds is 3. The fraction of sp³-hybridized carbons (Fsp3) is 0.571. The van der Waals surface area contributed by atoms with Crippen LogP contribution in [-0.4, -0.2) is 35.7 Å². The second kappa shape index (κ2) is 5.46. The van der Waals surface area contributed by atoms with Gasteiger partial charge in [0, 0.05) is 13.1 Å². The molecule has 1 aromatic rings. The molecule has 2 rings (SSSR count). The van der Waals surface area contributed by atoms with Gasteiger partial charge in [0.2, 0.25) is 0 Å². The molecule has 1 aromatic carbocycles. The van der Waals surface area contributed by atoms with Crippen molar-refractivity contribution >= 4 is 0 Å². The maximum Gasteiger partial charge on any atom is 0.0693 e. The minimum Gasteiger partial charge on any atom is -0.392 e. The van der Waals surface area contributed by atoms with E-state index >= 15 is 0 Å². The molecule has 1 saturated heterocycles. The molecule has 0 radical (unpaired) electrons. The lowest BCUT2D eigenvalue weighted by molar-refractivity contribution is 0.0298. The number of aliphatic hydroxyl groups is 1. The van der Waals surface area contributed by atoms with Gasteiger partial charge in [-0.2, -0.15) is 0 Å². The van der Waals surface area contributed by atoms with Crippen LogP contribution in [0.2, 0.25) is 0 Å². The molecule has 0 bridgehead atoms. The van der Waals surface area contributed by atoms with Crippen molar-refractivity contribution in [2.75, 3.05) is 19.6 Å². The zero-order valence-corrected chi connectivity index (χ0v) is 9.97. The third kappa shape index (κ3) is 3.06. The van der Waals surface area contributed by atoms with E-state index in [0.29, 0.717) is 5.92 Å². The summed E-state index contributed by atoms with van der Waals surface area (Å²) in [6, 6.07) is 10.6. The van der Waals surface area contributed by atoms with Gasteiger partial charge in [-0.25, -0.2) is 0 Å². The second-order valence-electron chi connectivity index (χ2n) is 4.87. The van der Waals surface area contributed by atoms with Crippen LogP contribution in [0.15, 0.2) is 30.3 Å². The summed E-state index contributed by atoms with van der Waals surface area (Å²) in [7, 11) is 0. The second-order valence-corrected chi connectivity index (χ2v) is 4.87.